The highest BCUT2D eigenvalue weighted by molar-refractivity contribution is 7.99. The molecule has 2 aromatic heterocycles. The van der Waals surface area contributed by atoms with E-state index in [1.807, 2.05) is 22.9 Å². The second-order valence-corrected chi connectivity index (χ2v) is 12.3. The third-order valence-electron chi connectivity index (χ3n) is 8.81. The summed E-state index contributed by atoms with van der Waals surface area (Å²) in [6.45, 7) is 2.13. The van der Waals surface area contributed by atoms with Crippen LogP contribution in [0.2, 0.25) is 0 Å². The van der Waals surface area contributed by atoms with Crippen molar-refractivity contribution in [3.8, 4) is 16.9 Å². The highest BCUT2D eigenvalue weighted by Crippen LogP contribution is 2.46. The minimum atomic E-state index is -0.361. The van der Waals surface area contributed by atoms with Crippen LogP contribution in [0.15, 0.2) is 30.7 Å². The molecule has 1 aliphatic carbocycles. The number of nitrogen functional groups attached to an aromatic ring is 1. The Morgan fingerprint density at radius 2 is 1.97 bits per heavy atom. The van der Waals surface area contributed by atoms with Crippen LogP contribution >= 0.6 is 11.8 Å². The summed E-state index contributed by atoms with van der Waals surface area (Å²) in [7, 11) is 0. The summed E-state index contributed by atoms with van der Waals surface area (Å²) in [4.78, 5) is 23.7. The standard InChI is InChI=1S/C28H32FN5O3S/c29-23-2-1-20(36-15-28-5-3-19(37-28)4-6-28)13-21(23)22-14-34(26-24(22)25(30)31-16-32-26)18-11-17(12-18)27(35)33-7-9-38-10-8-33/h1-2,13-14,16-19H,3-12,15H2,(H2,30,31,32). The molecule has 3 saturated heterocycles. The third-order valence-corrected chi connectivity index (χ3v) is 9.75. The predicted octanol–water partition coefficient (Wildman–Crippen LogP) is 4.44. The van der Waals surface area contributed by atoms with Crippen molar-refractivity contribution in [2.24, 2.45) is 5.92 Å². The highest BCUT2D eigenvalue weighted by atomic mass is 32.2. The summed E-state index contributed by atoms with van der Waals surface area (Å²) in [6.07, 6.45) is 9.38. The first kappa shape index (κ1) is 24.2. The minimum absolute atomic E-state index is 0.0176. The molecule has 1 aromatic carbocycles. The van der Waals surface area contributed by atoms with Gasteiger partial charge in [0.2, 0.25) is 5.91 Å². The van der Waals surface area contributed by atoms with Crippen LogP contribution in [0.1, 0.15) is 44.6 Å². The van der Waals surface area contributed by atoms with Crippen LogP contribution in [-0.2, 0) is 9.53 Å². The van der Waals surface area contributed by atoms with Gasteiger partial charge in [0.25, 0.3) is 0 Å². The second kappa shape index (κ2) is 9.41. The minimum Gasteiger partial charge on any atom is -0.491 e. The maximum absolute atomic E-state index is 15.3. The van der Waals surface area contributed by atoms with Gasteiger partial charge in [-0.2, -0.15) is 11.8 Å². The maximum atomic E-state index is 15.3. The lowest BCUT2D eigenvalue weighted by Gasteiger charge is -2.39. The summed E-state index contributed by atoms with van der Waals surface area (Å²) < 4.78 is 29.6. The molecule has 0 spiro atoms. The number of nitrogens with zero attached hydrogens (tertiary/aromatic N) is 4. The van der Waals surface area contributed by atoms with Crippen LogP contribution in [0.3, 0.4) is 0 Å². The van der Waals surface area contributed by atoms with Gasteiger partial charge >= 0.3 is 0 Å². The highest BCUT2D eigenvalue weighted by Gasteiger charge is 2.46. The zero-order chi connectivity index (χ0) is 25.9. The Morgan fingerprint density at radius 3 is 2.71 bits per heavy atom. The molecule has 3 aromatic rings. The van der Waals surface area contributed by atoms with Gasteiger partial charge < -0.3 is 24.7 Å². The van der Waals surface area contributed by atoms with Crippen LogP contribution in [-0.4, -0.2) is 68.2 Å². The van der Waals surface area contributed by atoms with Gasteiger partial charge in [0.05, 0.1) is 11.5 Å². The quantitative estimate of drug-likeness (QED) is 0.497. The van der Waals surface area contributed by atoms with Crippen LogP contribution in [0.4, 0.5) is 10.2 Å². The molecule has 10 heteroatoms. The fourth-order valence-corrected chi connectivity index (χ4v) is 7.45. The summed E-state index contributed by atoms with van der Waals surface area (Å²) >= 11 is 1.90. The molecular formula is C28H32FN5O3S. The van der Waals surface area contributed by atoms with Gasteiger partial charge in [-0.1, -0.05) is 0 Å². The van der Waals surface area contributed by atoms with E-state index in [1.165, 1.54) is 12.4 Å². The molecule has 0 radical (unpaired) electrons. The van der Waals surface area contributed by atoms with Gasteiger partial charge in [0.1, 0.15) is 41.6 Å². The number of nitrogens with two attached hydrogens (primary N) is 1. The molecule has 1 saturated carbocycles. The molecule has 2 N–H and O–H groups in total. The molecule has 8 nitrogen and oxygen atoms in total. The SMILES string of the molecule is Nc1ncnc2c1c(-c1cc(OCC34CCC(CC3)O4)ccc1F)cn2C1CC(C(=O)N2CCSCC2)C1. The molecule has 3 aliphatic heterocycles. The van der Waals surface area contributed by atoms with Gasteiger partial charge in [0.15, 0.2) is 0 Å². The van der Waals surface area contributed by atoms with E-state index in [4.69, 9.17) is 15.2 Å². The Kier molecular flexibility index (Phi) is 6.00. The number of benzene rings is 1. The van der Waals surface area contributed by atoms with Crippen molar-refractivity contribution in [2.45, 2.75) is 56.3 Å². The monoisotopic (exact) mass is 537 g/mol. The zero-order valence-corrected chi connectivity index (χ0v) is 22.1. The lowest BCUT2D eigenvalue weighted by Crippen LogP contribution is -2.45. The van der Waals surface area contributed by atoms with Crippen LogP contribution in [0, 0.1) is 11.7 Å². The van der Waals surface area contributed by atoms with E-state index < -0.39 is 0 Å². The molecule has 4 fully saturated rings. The number of carbonyl (C=O) groups is 1. The summed E-state index contributed by atoms with van der Waals surface area (Å²) in [5, 5.41) is 0.628. The van der Waals surface area contributed by atoms with E-state index in [0.29, 0.717) is 46.4 Å². The Labute approximate surface area is 225 Å². The number of fused-ring (bicyclic) bond motifs is 3. The van der Waals surface area contributed by atoms with Crippen molar-refractivity contribution in [2.75, 3.05) is 36.9 Å². The van der Waals surface area contributed by atoms with E-state index >= 15 is 4.39 Å². The zero-order valence-electron chi connectivity index (χ0n) is 21.3. The Balaban J connectivity index is 1.15. The number of amides is 1. The Bertz CT molecular complexity index is 1380. The van der Waals surface area contributed by atoms with Gasteiger partial charge in [-0.15, -0.1) is 0 Å². The Hall–Kier alpha value is -2.85. The van der Waals surface area contributed by atoms with E-state index in [0.717, 1.165) is 63.1 Å². The topological polar surface area (TPSA) is 95.5 Å². The Morgan fingerprint density at radius 1 is 1.18 bits per heavy atom. The largest absolute Gasteiger partial charge is 0.491 e. The van der Waals surface area contributed by atoms with Crippen molar-refractivity contribution in [3.05, 3.63) is 36.5 Å². The maximum Gasteiger partial charge on any atom is 0.225 e. The molecule has 4 aliphatic rings. The van der Waals surface area contributed by atoms with Crippen LogP contribution < -0.4 is 10.5 Å². The smallest absolute Gasteiger partial charge is 0.225 e. The second-order valence-electron chi connectivity index (χ2n) is 11.1. The average molecular weight is 538 g/mol. The number of hydrogen-bond donors (Lipinski definition) is 1. The number of carbonyl (C=O) groups excluding carboxylic acids is 1. The third kappa shape index (κ3) is 4.12. The molecule has 0 unspecified atom stereocenters. The van der Waals surface area contributed by atoms with E-state index in [2.05, 4.69) is 14.5 Å². The van der Waals surface area contributed by atoms with Crippen LogP contribution in [0.25, 0.3) is 22.2 Å². The average Bonchev–Trinajstić information content (AvgIpc) is 3.62. The van der Waals surface area contributed by atoms with E-state index in [1.54, 1.807) is 12.1 Å². The molecule has 38 heavy (non-hydrogen) atoms. The van der Waals surface area contributed by atoms with Gasteiger partial charge in [-0.25, -0.2) is 14.4 Å². The van der Waals surface area contributed by atoms with Crippen molar-refractivity contribution in [3.63, 3.8) is 0 Å². The molecular weight excluding hydrogens is 505 g/mol. The summed E-state index contributed by atoms with van der Waals surface area (Å²) in [5.41, 5.74) is 7.81. The van der Waals surface area contributed by atoms with E-state index in [-0.39, 0.29) is 29.3 Å². The predicted molar refractivity (Wildman–Crippen MR) is 145 cm³/mol. The van der Waals surface area contributed by atoms with E-state index in [9.17, 15) is 4.79 Å². The molecule has 7 rings (SSSR count). The molecule has 0 atom stereocenters. The number of thioether (sulfide) groups is 1. The number of anilines is 1. The number of halogens is 1. The normalized spacial score (nSPS) is 28.6. The van der Waals surface area contributed by atoms with Crippen molar-refractivity contribution in [1.82, 2.24) is 19.4 Å². The van der Waals surface area contributed by atoms with Crippen molar-refractivity contribution in [1.29, 1.82) is 0 Å². The van der Waals surface area contributed by atoms with Gasteiger partial charge in [-0.05, 0) is 56.7 Å². The first-order valence-corrected chi connectivity index (χ1v) is 14.7. The number of hydrogen-bond acceptors (Lipinski definition) is 7. The van der Waals surface area contributed by atoms with Crippen LogP contribution in [0.5, 0.6) is 5.75 Å². The number of rotatable bonds is 6. The number of aromatic nitrogens is 3. The lowest BCUT2D eigenvalue weighted by atomic mass is 9.79. The number of ether oxygens (including phenoxy) is 2. The molecule has 2 bridgehead atoms. The lowest BCUT2D eigenvalue weighted by molar-refractivity contribution is -0.139. The molecule has 1 amide bonds. The first-order chi connectivity index (χ1) is 18.5. The first-order valence-electron chi connectivity index (χ1n) is 13.6. The molecule has 5 heterocycles. The van der Waals surface area contributed by atoms with Crippen molar-refractivity contribution >= 4 is 34.5 Å². The fourth-order valence-electron chi connectivity index (χ4n) is 6.55. The van der Waals surface area contributed by atoms with Crippen molar-refractivity contribution < 1.29 is 18.7 Å². The van der Waals surface area contributed by atoms with Gasteiger partial charge in [0, 0.05) is 53.9 Å². The molecule has 200 valence electrons. The van der Waals surface area contributed by atoms with Gasteiger partial charge in [-0.3, -0.25) is 4.79 Å². The summed E-state index contributed by atoms with van der Waals surface area (Å²) in [5.74, 6) is 2.83. The fraction of sp³-hybridized carbons (Fsp3) is 0.536. The summed E-state index contributed by atoms with van der Waals surface area (Å²) in [6, 6.07) is 4.94.